The number of piperidine rings is 1. The van der Waals surface area contributed by atoms with Crippen molar-refractivity contribution in [3.63, 3.8) is 0 Å². The molecule has 2 heterocycles. The quantitative estimate of drug-likeness (QED) is 0.860. The summed E-state index contributed by atoms with van der Waals surface area (Å²) in [4.78, 5) is 2.40. The van der Waals surface area contributed by atoms with Gasteiger partial charge in [0.25, 0.3) is 0 Å². The molecule has 132 valence electrons. The molecule has 1 N–H and O–H groups in total. The first kappa shape index (κ1) is 15.5. The van der Waals surface area contributed by atoms with Gasteiger partial charge >= 0.3 is 0 Å². The fraction of sp³-hybridized carbons (Fsp3) is 0.524. The zero-order valence-electron chi connectivity index (χ0n) is 14.8. The number of methoxy groups -OCH3 is 1. The first-order valence-corrected chi connectivity index (χ1v) is 9.19. The first-order chi connectivity index (χ1) is 12.1. The largest absolute Gasteiger partial charge is 0.493 e. The van der Waals surface area contributed by atoms with Crippen molar-refractivity contribution in [2.75, 3.05) is 20.2 Å². The van der Waals surface area contributed by atoms with E-state index in [-0.39, 0.29) is 17.6 Å². The summed E-state index contributed by atoms with van der Waals surface area (Å²) in [5.74, 6) is 1.60. The minimum Gasteiger partial charge on any atom is -0.493 e. The second-order valence-corrected chi connectivity index (χ2v) is 7.94. The van der Waals surface area contributed by atoms with Gasteiger partial charge < -0.3 is 14.6 Å². The molecule has 2 aliphatic carbocycles. The topological polar surface area (TPSA) is 41.9 Å². The van der Waals surface area contributed by atoms with Crippen LogP contribution >= 0.6 is 0 Å². The number of likely N-dealkylation sites (tertiary alicyclic amines) is 1. The molecule has 2 aliphatic heterocycles. The van der Waals surface area contributed by atoms with Crippen molar-refractivity contribution in [2.45, 2.75) is 48.8 Å². The predicted octanol–water partition coefficient (Wildman–Crippen LogP) is 2.59. The number of hydrogen-bond donors (Lipinski definition) is 1. The summed E-state index contributed by atoms with van der Waals surface area (Å²) in [5, 5.41) is 12.1. The van der Waals surface area contributed by atoms with Crippen molar-refractivity contribution in [3.8, 4) is 11.5 Å². The van der Waals surface area contributed by atoms with Gasteiger partial charge in [-0.25, -0.2) is 0 Å². The minimum absolute atomic E-state index is 0.102. The van der Waals surface area contributed by atoms with Gasteiger partial charge in [0, 0.05) is 24.7 Å². The van der Waals surface area contributed by atoms with Crippen LogP contribution in [0.1, 0.15) is 30.4 Å². The molecule has 1 aromatic rings. The number of nitrogens with zero attached hydrogens (tertiary/aromatic N) is 1. The van der Waals surface area contributed by atoms with Crippen molar-refractivity contribution < 1.29 is 14.6 Å². The van der Waals surface area contributed by atoms with E-state index >= 15 is 0 Å². The van der Waals surface area contributed by atoms with Crippen LogP contribution in [0, 0.1) is 0 Å². The van der Waals surface area contributed by atoms with E-state index in [9.17, 15) is 5.11 Å². The number of ether oxygens (including phenoxy) is 2. The minimum atomic E-state index is -0.787. The third-order valence-electron chi connectivity index (χ3n) is 7.09. The summed E-state index contributed by atoms with van der Waals surface area (Å²) in [6.07, 6.45) is 5.09. The fourth-order valence-electron chi connectivity index (χ4n) is 6.08. The standard InChI is InChI=1S/C21H25NO3/c1-4-10-22-11-9-20-17-14-5-6-15(24-3)18(17)25-19(20)13(2)7-8-21(20,23)16(22)12-14/h4-6,16,19,23H,1-2,7-12H2,3H3/t16-,19+,20+,21-/m0/s1. The molecule has 2 bridgehead atoms. The molecular weight excluding hydrogens is 314 g/mol. The molecule has 1 saturated heterocycles. The molecule has 0 unspecified atom stereocenters. The van der Waals surface area contributed by atoms with Crippen molar-refractivity contribution in [3.05, 3.63) is 48.1 Å². The van der Waals surface area contributed by atoms with E-state index in [1.54, 1.807) is 7.11 Å². The lowest BCUT2D eigenvalue weighted by molar-refractivity contribution is -0.171. The molecule has 1 saturated carbocycles. The monoisotopic (exact) mass is 339 g/mol. The van der Waals surface area contributed by atoms with E-state index in [2.05, 4.69) is 24.1 Å². The van der Waals surface area contributed by atoms with Gasteiger partial charge in [0.05, 0.1) is 18.1 Å². The summed E-state index contributed by atoms with van der Waals surface area (Å²) >= 11 is 0. The molecule has 1 aromatic carbocycles. The molecule has 0 amide bonds. The molecular formula is C21H25NO3. The van der Waals surface area contributed by atoms with Gasteiger partial charge in [-0.15, -0.1) is 6.58 Å². The molecule has 4 aliphatic rings. The van der Waals surface area contributed by atoms with Crippen LogP contribution in [0.2, 0.25) is 0 Å². The lowest BCUT2D eigenvalue weighted by Crippen LogP contribution is -2.75. The Morgan fingerprint density at radius 3 is 3.04 bits per heavy atom. The molecule has 1 spiro atoms. The highest BCUT2D eigenvalue weighted by Gasteiger charge is 2.71. The SMILES string of the molecule is C=CCN1CC[C@@]23c4c5ccc(OC)c4O[C@@H]2C(=C)CC[C@]3(O)[C@@H]1C5. The van der Waals surface area contributed by atoms with E-state index in [0.717, 1.165) is 55.8 Å². The van der Waals surface area contributed by atoms with Crippen molar-refractivity contribution in [1.29, 1.82) is 0 Å². The molecule has 4 atom stereocenters. The van der Waals surface area contributed by atoms with E-state index in [1.807, 2.05) is 12.1 Å². The summed E-state index contributed by atoms with van der Waals surface area (Å²) in [6.45, 7) is 9.98. The number of benzene rings is 1. The van der Waals surface area contributed by atoms with Gasteiger partial charge in [-0.1, -0.05) is 18.7 Å². The summed E-state index contributed by atoms with van der Waals surface area (Å²) in [5.41, 5.74) is 2.41. The summed E-state index contributed by atoms with van der Waals surface area (Å²) in [7, 11) is 1.68. The Morgan fingerprint density at radius 2 is 2.28 bits per heavy atom. The molecule has 0 aromatic heterocycles. The van der Waals surface area contributed by atoms with Crippen molar-refractivity contribution in [1.82, 2.24) is 4.90 Å². The Hall–Kier alpha value is -1.78. The first-order valence-electron chi connectivity index (χ1n) is 9.19. The van der Waals surface area contributed by atoms with E-state index < -0.39 is 5.60 Å². The maximum absolute atomic E-state index is 12.1. The van der Waals surface area contributed by atoms with Gasteiger partial charge in [-0.3, -0.25) is 4.90 Å². The molecule has 0 radical (unpaired) electrons. The van der Waals surface area contributed by atoms with Gasteiger partial charge in [0.1, 0.15) is 6.10 Å². The van der Waals surface area contributed by atoms with E-state index in [4.69, 9.17) is 9.47 Å². The molecule has 25 heavy (non-hydrogen) atoms. The van der Waals surface area contributed by atoms with Crippen LogP contribution in [0.5, 0.6) is 11.5 Å². The number of aliphatic hydroxyl groups is 1. The predicted molar refractivity (Wildman–Crippen MR) is 96.3 cm³/mol. The molecule has 5 rings (SSSR count). The zero-order chi connectivity index (χ0) is 17.4. The maximum atomic E-state index is 12.1. The van der Waals surface area contributed by atoms with Crippen LogP contribution in [0.4, 0.5) is 0 Å². The Balaban J connectivity index is 1.79. The lowest BCUT2D eigenvalue weighted by Gasteiger charge is -2.63. The summed E-state index contributed by atoms with van der Waals surface area (Å²) in [6, 6.07) is 4.26. The van der Waals surface area contributed by atoms with Crippen LogP contribution < -0.4 is 9.47 Å². The van der Waals surface area contributed by atoms with Crippen molar-refractivity contribution >= 4 is 0 Å². The average Bonchev–Trinajstić information content (AvgIpc) is 2.96. The van der Waals surface area contributed by atoms with Crippen LogP contribution in [0.25, 0.3) is 0 Å². The maximum Gasteiger partial charge on any atom is 0.166 e. The fourth-order valence-corrected chi connectivity index (χ4v) is 6.08. The number of hydrogen-bond acceptors (Lipinski definition) is 4. The smallest absolute Gasteiger partial charge is 0.166 e. The molecule has 2 fully saturated rings. The lowest BCUT2D eigenvalue weighted by atomic mass is 9.48. The third-order valence-corrected chi connectivity index (χ3v) is 7.09. The van der Waals surface area contributed by atoms with Gasteiger partial charge in [-0.2, -0.15) is 0 Å². The van der Waals surface area contributed by atoms with Gasteiger partial charge in [0.15, 0.2) is 11.5 Å². The molecule has 4 heteroatoms. The Bertz CT molecular complexity index is 788. The van der Waals surface area contributed by atoms with Crippen LogP contribution in [-0.2, 0) is 11.8 Å². The van der Waals surface area contributed by atoms with Crippen LogP contribution in [0.3, 0.4) is 0 Å². The van der Waals surface area contributed by atoms with E-state index in [0.29, 0.717) is 0 Å². The normalized spacial score (nSPS) is 38.1. The Morgan fingerprint density at radius 1 is 1.44 bits per heavy atom. The Kier molecular flexibility index (Phi) is 3.03. The van der Waals surface area contributed by atoms with E-state index in [1.165, 1.54) is 11.1 Å². The molecule has 4 nitrogen and oxygen atoms in total. The second kappa shape index (κ2) is 4.89. The van der Waals surface area contributed by atoms with Gasteiger partial charge in [-0.05, 0) is 42.9 Å². The summed E-state index contributed by atoms with van der Waals surface area (Å²) < 4.78 is 12.0. The van der Waals surface area contributed by atoms with Crippen LogP contribution in [0.15, 0.2) is 36.9 Å². The Labute approximate surface area is 148 Å². The highest BCUT2D eigenvalue weighted by molar-refractivity contribution is 5.64. The average molecular weight is 339 g/mol. The zero-order valence-corrected chi connectivity index (χ0v) is 14.8. The van der Waals surface area contributed by atoms with Crippen LogP contribution in [-0.4, -0.2) is 48.0 Å². The third kappa shape index (κ3) is 1.61. The highest BCUT2D eigenvalue weighted by atomic mass is 16.5. The van der Waals surface area contributed by atoms with Gasteiger partial charge in [0.2, 0.25) is 0 Å². The highest BCUT2D eigenvalue weighted by Crippen LogP contribution is 2.66. The second-order valence-electron chi connectivity index (χ2n) is 7.94. The van der Waals surface area contributed by atoms with Crippen molar-refractivity contribution in [2.24, 2.45) is 0 Å². The number of rotatable bonds is 3.